The Hall–Kier alpha value is -0.580. The number of carbonyl (C=O) groups is 1. The fourth-order valence-corrected chi connectivity index (χ4v) is 3.88. The lowest BCUT2D eigenvalue weighted by Gasteiger charge is -2.03. The van der Waals surface area contributed by atoms with Gasteiger partial charge < -0.3 is 0 Å². The molecule has 0 saturated carbocycles. The second kappa shape index (κ2) is 5.17. The Morgan fingerprint density at radius 2 is 2.19 bits per heavy atom. The van der Waals surface area contributed by atoms with Crippen LogP contribution in [-0.2, 0) is 0 Å². The van der Waals surface area contributed by atoms with E-state index in [1.807, 2.05) is 24.3 Å². The number of hydrogen-bond donors (Lipinski definition) is 0. The van der Waals surface area contributed by atoms with Gasteiger partial charge in [0.15, 0.2) is 5.78 Å². The summed E-state index contributed by atoms with van der Waals surface area (Å²) in [5.41, 5.74) is 0.732. The van der Waals surface area contributed by atoms with Gasteiger partial charge in [-0.05, 0) is 36.6 Å². The normalized spacial score (nSPS) is 10.4. The van der Waals surface area contributed by atoms with Crippen LogP contribution in [0, 0.1) is 0 Å². The molecule has 1 heterocycles. The highest BCUT2D eigenvalue weighted by molar-refractivity contribution is 9.10. The van der Waals surface area contributed by atoms with E-state index in [4.69, 9.17) is 0 Å². The second-order valence-electron chi connectivity index (χ2n) is 3.23. The number of carbonyl (C=O) groups excluding carboxylic acids is 1. The molecule has 0 fully saturated rings. The molecule has 0 saturated heterocycles. The lowest BCUT2D eigenvalue weighted by atomic mass is 10.2. The Bertz CT molecular complexity index is 506. The molecule has 16 heavy (non-hydrogen) atoms. The molecule has 0 unspecified atom stereocenters. The van der Waals surface area contributed by atoms with Crippen molar-refractivity contribution < 1.29 is 4.79 Å². The third-order valence-electron chi connectivity index (χ3n) is 2.03. The van der Waals surface area contributed by atoms with E-state index in [-0.39, 0.29) is 5.78 Å². The van der Waals surface area contributed by atoms with Crippen molar-refractivity contribution >= 4 is 44.8 Å². The molecule has 0 aliphatic carbocycles. The van der Waals surface area contributed by atoms with E-state index in [1.54, 1.807) is 30.0 Å². The smallest absolute Gasteiger partial charge is 0.160 e. The second-order valence-corrected chi connectivity index (χ2v) is 6.41. The Morgan fingerprint density at radius 3 is 2.75 bits per heavy atom. The summed E-state index contributed by atoms with van der Waals surface area (Å²) in [6.07, 6.45) is 0. The zero-order valence-electron chi connectivity index (χ0n) is 8.57. The summed E-state index contributed by atoms with van der Waals surface area (Å²) in [4.78, 5) is 12.4. The predicted octanol–water partition coefficient (Wildman–Crippen LogP) is 4.86. The van der Waals surface area contributed by atoms with Gasteiger partial charge >= 0.3 is 0 Å². The number of rotatable bonds is 3. The van der Waals surface area contributed by atoms with Crippen LogP contribution in [0.25, 0.3) is 0 Å². The largest absolute Gasteiger partial charge is 0.294 e. The van der Waals surface area contributed by atoms with Gasteiger partial charge in [0, 0.05) is 14.9 Å². The van der Waals surface area contributed by atoms with Crippen molar-refractivity contribution in [2.24, 2.45) is 0 Å². The van der Waals surface area contributed by atoms with E-state index in [0.29, 0.717) is 0 Å². The van der Waals surface area contributed by atoms with Crippen LogP contribution < -0.4 is 0 Å². The van der Waals surface area contributed by atoms with Crippen LogP contribution in [0.2, 0.25) is 0 Å². The molecule has 82 valence electrons. The molecule has 2 aromatic rings. The zero-order chi connectivity index (χ0) is 11.5. The molecule has 1 aromatic carbocycles. The van der Waals surface area contributed by atoms with Crippen molar-refractivity contribution in [2.45, 2.75) is 16.0 Å². The van der Waals surface area contributed by atoms with Crippen LogP contribution in [-0.4, -0.2) is 5.78 Å². The number of thiophene rings is 1. The van der Waals surface area contributed by atoms with Crippen LogP contribution in [0.3, 0.4) is 0 Å². The van der Waals surface area contributed by atoms with E-state index in [2.05, 4.69) is 27.4 Å². The minimum absolute atomic E-state index is 0.0829. The molecule has 0 radical (unpaired) electrons. The van der Waals surface area contributed by atoms with Crippen LogP contribution >= 0.6 is 39.0 Å². The summed E-state index contributed by atoms with van der Waals surface area (Å²) in [6, 6.07) is 9.95. The quantitative estimate of drug-likeness (QED) is 0.752. The average molecular weight is 313 g/mol. The van der Waals surface area contributed by atoms with E-state index < -0.39 is 0 Å². The molecular weight excluding hydrogens is 304 g/mol. The van der Waals surface area contributed by atoms with Crippen molar-refractivity contribution in [3.05, 3.63) is 45.7 Å². The molecule has 0 aliphatic rings. The number of ketones is 1. The Morgan fingerprint density at radius 1 is 1.38 bits per heavy atom. The summed E-state index contributed by atoms with van der Waals surface area (Å²) in [6.45, 7) is 1.58. The first kappa shape index (κ1) is 11.9. The predicted molar refractivity (Wildman–Crippen MR) is 72.6 cm³/mol. The lowest BCUT2D eigenvalue weighted by Crippen LogP contribution is -1.92. The van der Waals surface area contributed by atoms with Gasteiger partial charge in [0.05, 0.1) is 4.21 Å². The maximum absolute atomic E-state index is 11.3. The monoisotopic (exact) mass is 312 g/mol. The van der Waals surface area contributed by atoms with Gasteiger partial charge in [-0.15, -0.1) is 11.3 Å². The maximum atomic E-state index is 11.3. The fourth-order valence-electron chi connectivity index (χ4n) is 1.28. The van der Waals surface area contributed by atoms with Gasteiger partial charge in [-0.2, -0.15) is 0 Å². The summed E-state index contributed by atoms with van der Waals surface area (Å²) in [7, 11) is 0. The van der Waals surface area contributed by atoms with Gasteiger partial charge in [-0.3, -0.25) is 4.79 Å². The van der Waals surface area contributed by atoms with Crippen molar-refractivity contribution in [1.82, 2.24) is 0 Å². The number of benzene rings is 1. The highest BCUT2D eigenvalue weighted by Crippen LogP contribution is 2.33. The highest BCUT2D eigenvalue weighted by Gasteiger charge is 2.06. The maximum Gasteiger partial charge on any atom is 0.160 e. The van der Waals surface area contributed by atoms with Crippen LogP contribution in [0.5, 0.6) is 0 Å². The van der Waals surface area contributed by atoms with Crippen molar-refractivity contribution in [2.75, 3.05) is 0 Å². The topological polar surface area (TPSA) is 17.1 Å². The average Bonchev–Trinajstić information content (AvgIpc) is 2.70. The summed E-state index contributed by atoms with van der Waals surface area (Å²) in [5.74, 6) is 0.0829. The Kier molecular flexibility index (Phi) is 3.84. The van der Waals surface area contributed by atoms with Gasteiger partial charge in [-0.1, -0.05) is 33.8 Å². The third kappa shape index (κ3) is 2.75. The number of Topliss-reactive ketones (excluding diaryl/α,β-unsaturated/α-hetero) is 1. The molecule has 0 amide bonds. The van der Waals surface area contributed by atoms with Crippen LogP contribution in [0.15, 0.2) is 49.3 Å². The third-order valence-corrected chi connectivity index (χ3v) is 4.72. The SMILES string of the molecule is CC(=O)c1ccc(Sc2cccs2)cc1Br. The molecule has 0 aliphatic heterocycles. The molecule has 0 spiro atoms. The highest BCUT2D eigenvalue weighted by atomic mass is 79.9. The summed E-state index contributed by atoms with van der Waals surface area (Å²) < 4.78 is 2.11. The van der Waals surface area contributed by atoms with Crippen molar-refractivity contribution in [3.8, 4) is 0 Å². The Balaban J connectivity index is 2.24. The molecular formula is C12H9BrOS2. The van der Waals surface area contributed by atoms with Gasteiger partial charge in [0.2, 0.25) is 0 Å². The molecule has 1 aromatic heterocycles. The first-order chi connectivity index (χ1) is 7.66. The minimum Gasteiger partial charge on any atom is -0.294 e. The van der Waals surface area contributed by atoms with Crippen LogP contribution in [0.4, 0.5) is 0 Å². The Labute approximate surface area is 111 Å². The van der Waals surface area contributed by atoms with Crippen molar-refractivity contribution in [1.29, 1.82) is 0 Å². The van der Waals surface area contributed by atoms with Gasteiger partial charge in [0.1, 0.15) is 0 Å². The molecule has 2 rings (SSSR count). The lowest BCUT2D eigenvalue weighted by molar-refractivity contribution is 0.101. The molecule has 0 bridgehead atoms. The fraction of sp³-hybridized carbons (Fsp3) is 0.0833. The van der Waals surface area contributed by atoms with E-state index in [0.717, 1.165) is 14.9 Å². The van der Waals surface area contributed by atoms with Gasteiger partial charge in [0.25, 0.3) is 0 Å². The summed E-state index contributed by atoms with van der Waals surface area (Å²) >= 11 is 6.84. The van der Waals surface area contributed by atoms with E-state index >= 15 is 0 Å². The molecule has 4 heteroatoms. The standard InChI is InChI=1S/C12H9BrOS2/c1-8(14)10-5-4-9(7-11(10)13)16-12-3-2-6-15-12/h2-7H,1H3. The molecule has 1 nitrogen and oxygen atoms in total. The van der Waals surface area contributed by atoms with Crippen LogP contribution in [0.1, 0.15) is 17.3 Å². The number of halogens is 1. The zero-order valence-corrected chi connectivity index (χ0v) is 11.8. The first-order valence-corrected chi connectivity index (χ1v) is 7.17. The molecule has 0 atom stereocenters. The van der Waals surface area contributed by atoms with E-state index in [9.17, 15) is 4.79 Å². The number of hydrogen-bond acceptors (Lipinski definition) is 3. The minimum atomic E-state index is 0.0829. The summed E-state index contributed by atoms with van der Waals surface area (Å²) in [5, 5.41) is 2.06. The van der Waals surface area contributed by atoms with E-state index in [1.165, 1.54) is 4.21 Å². The first-order valence-electron chi connectivity index (χ1n) is 4.68. The van der Waals surface area contributed by atoms with Crippen molar-refractivity contribution in [3.63, 3.8) is 0 Å². The van der Waals surface area contributed by atoms with Gasteiger partial charge in [-0.25, -0.2) is 0 Å². The molecule has 0 N–H and O–H groups in total.